The van der Waals surface area contributed by atoms with E-state index in [2.05, 4.69) is 41.6 Å². The minimum atomic E-state index is 0.192. The Morgan fingerprint density at radius 1 is 1.39 bits per heavy atom. The molecule has 0 aliphatic rings. The zero-order valence-corrected chi connectivity index (χ0v) is 12.0. The molecule has 0 radical (unpaired) electrons. The second-order valence-corrected chi connectivity index (χ2v) is 5.46. The minimum absolute atomic E-state index is 0.192. The van der Waals surface area contributed by atoms with Gasteiger partial charge in [0.2, 0.25) is 0 Å². The Morgan fingerprint density at radius 2 is 2.22 bits per heavy atom. The van der Waals surface area contributed by atoms with E-state index in [4.69, 9.17) is 0 Å². The van der Waals surface area contributed by atoms with Crippen LogP contribution in [0.5, 0.6) is 0 Å². The number of nitrogens with one attached hydrogen (secondary N) is 1. The van der Waals surface area contributed by atoms with Gasteiger partial charge in [-0.05, 0) is 32.0 Å². The molecule has 0 aliphatic carbocycles. The predicted octanol–water partition coefficient (Wildman–Crippen LogP) is 2.62. The van der Waals surface area contributed by atoms with Crippen LogP contribution in [-0.4, -0.2) is 22.0 Å². The molecule has 0 saturated heterocycles. The van der Waals surface area contributed by atoms with Crippen LogP contribution in [0.3, 0.4) is 0 Å². The van der Waals surface area contributed by atoms with Crippen LogP contribution in [0.15, 0.2) is 18.3 Å². The highest BCUT2D eigenvalue weighted by Gasteiger charge is 2.18. The molecule has 18 heavy (non-hydrogen) atoms. The van der Waals surface area contributed by atoms with E-state index in [1.165, 1.54) is 9.75 Å². The van der Waals surface area contributed by atoms with E-state index in [1.54, 1.807) is 0 Å². The van der Waals surface area contributed by atoms with Crippen molar-refractivity contribution in [2.24, 2.45) is 0 Å². The Bertz CT molecular complexity index is 489. The molecule has 0 fully saturated rings. The monoisotopic (exact) mass is 264 g/mol. The van der Waals surface area contributed by atoms with Gasteiger partial charge in [0.05, 0.1) is 17.9 Å². The number of hydrogen-bond donors (Lipinski definition) is 1. The van der Waals surface area contributed by atoms with Crippen LogP contribution >= 0.6 is 11.3 Å². The summed E-state index contributed by atoms with van der Waals surface area (Å²) in [6.45, 7) is 5.26. The van der Waals surface area contributed by atoms with Gasteiger partial charge in [-0.3, -0.25) is 0 Å². The lowest BCUT2D eigenvalue weighted by Gasteiger charge is -2.15. The maximum Gasteiger partial charge on any atom is 0.0856 e. The first-order valence-electron chi connectivity index (χ1n) is 6.44. The zero-order valence-electron chi connectivity index (χ0n) is 11.2. The molecular formula is C13H20N4S. The van der Waals surface area contributed by atoms with Gasteiger partial charge in [-0.25, -0.2) is 4.68 Å². The molecule has 2 aromatic heterocycles. The number of hydrogen-bond acceptors (Lipinski definition) is 4. The smallest absolute Gasteiger partial charge is 0.0856 e. The molecule has 0 aromatic carbocycles. The summed E-state index contributed by atoms with van der Waals surface area (Å²) in [5.74, 6) is 0. The number of aromatic nitrogens is 3. The fraction of sp³-hybridized carbons (Fsp3) is 0.538. The Morgan fingerprint density at radius 3 is 2.83 bits per heavy atom. The van der Waals surface area contributed by atoms with Crippen molar-refractivity contribution >= 4 is 11.3 Å². The summed E-state index contributed by atoms with van der Waals surface area (Å²) in [6.07, 6.45) is 4.02. The van der Waals surface area contributed by atoms with Gasteiger partial charge in [-0.1, -0.05) is 19.1 Å². The highest BCUT2D eigenvalue weighted by molar-refractivity contribution is 7.12. The quantitative estimate of drug-likeness (QED) is 0.872. The average molecular weight is 264 g/mol. The molecule has 0 aliphatic heterocycles. The van der Waals surface area contributed by atoms with Gasteiger partial charge in [-0.15, -0.1) is 16.4 Å². The summed E-state index contributed by atoms with van der Waals surface area (Å²) < 4.78 is 1.99. The van der Waals surface area contributed by atoms with Gasteiger partial charge < -0.3 is 5.32 Å². The second kappa shape index (κ2) is 6.11. The lowest BCUT2D eigenvalue weighted by molar-refractivity contribution is 0.526. The van der Waals surface area contributed by atoms with Crippen molar-refractivity contribution in [3.8, 4) is 0 Å². The fourth-order valence-electron chi connectivity index (χ4n) is 2.05. The Hall–Kier alpha value is -1.20. The second-order valence-electron chi connectivity index (χ2n) is 4.26. The highest BCUT2D eigenvalue weighted by Crippen LogP contribution is 2.28. The first-order chi connectivity index (χ1) is 8.80. The number of aryl methyl sites for hydroxylation is 2. The summed E-state index contributed by atoms with van der Waals surface area (Å²) in [6, 6.07) is 4.60. The van der Waals surface area contributed by atoms with E-state index < -0.39 is 0 Å². The SMILES string of the molecule is CCCn1nncc1C(NC)c1ccc(CC)s1. The van der Waals surface area contributed by atoms with Gasteiger partial charge in [0, 0.05) is 16.3 Å². The van der Waals surface area contributed by atoms with Crippen molar-refractivity contribution in [2.45, 2.75) is 39.3 Å². The van der Waals surface area contributed by atoms with E-state index in [0.717, 1.165) is 25.1 Å². The zero-order chi connectivity index (χ0) is 13.0. The van der Waals surface area contributed by atoms with Gasteiger partial charge in [-0.2, -0.15) is 0 Å². The lowest BCUT2D eigenvalue weighted by atomic mass is 10.2. The van der Waals surface area contributed by atoms with Crippen molar-refractivity contribution in [2.75, 3.05) is 7.05 Å². The van der Waals surface area contributed by atoms with E-state index in [0.29, 0.717) is 0 Å². The van der Waals surface area contributed by atoms with Gasteiger partial charge in [0.25, 0.3) is 0 Å². The number of nitrogens with zero attached hydrogens (tertiary/aromatic N) is 3. The lowest BCUT2D eigenvalue weighted by Crippen LogP contribution is -2.20. The topological polar surface area (TPSA) is 42.7 Å². The molecule has 98 valence electrons. The first-order valence-corrected chi connectivity index (χ1v) is 7.26. The van der Waals surface area contributed by atoms with Crippen LogP contribution in [0.25, 0.3) is 0 Å². The summed E-state index contributed by atoms with van der Waals surface area (Å²) in [5, 5.41) is 11.6. The molecule has 0 amide bonds. The highest BCUT2D eigenvalue weighted by atomic mass is 32.1. The van der Waals surface area contributed by atoms with Crippen LogP contribution in [-0.2, 0) is 13.0 Å². The molecule has 4 nitrogen and oxygen atoms in total. The Labute approximate surface area is 112 Å². The van der Waals surface area contributed by atoms with E-state index in [-0.39, 0.29) is 6.04 Å². The maximum absolute atomic E-state index is 4.16. The summed E-state index contributed by atoms with van der Waals surface area (Å²) in [4.78, 5) is 2.74. The van der Waals surface area contributed by atoms with Crippen molar-refractivity contribution in [1.29, 1.82) is 0 Å². The third-order valence-electron chi connectivity index (χ3n) is 2.98. The first kappa shape index (κ1) is 13.2. The normalized spacial score (nSPS) is 12.8. The molecule has 0 saturated carbocycles. The van der Waals surface area contributed by atoms with E-state index in [1.807, 2.05) is 29.3 Å². The molecule has 2 aromatic rings. The summed E-state index contributed by atoms with van der Waals surface area (Å²) >= 11 is 1.86. The van der Waals surface area contributed by atoms with Crippen molar-refractivity contribution in [1.82, 2.24) is 20.3 Å². The molecular weight excluding hydrogens is 244 g/mol. The largest absolute Gasteiger partial charge is 0.307 e. The van der Waals surface area contributed by atoms with Crippen LogP contribution in [0, 0.1) is 0 Å². The van der Waals surface area contributed by atoms with E-state index >= 15 is 0 Å². The molecule has 1 N–H and O–H groups in total. The molecule has 1 unspecified atom stereocenters. The third-order valence-corrected chi connectivity index (χ3v) is 4.28. The molecule has 0 bridgehead atoms. The molecule has 2 rings (SSSR count). The number of thiophene rings is 1. The van der Waals surface area contributed by atoms with Gasteiger partial charge in [0.15, 0.2) is 0 Å². The van der Waals surface area contributed by atoms with Crippen molar-refractivity contribution in [3.05, 3.63) is 33.8 Å². The maximum atomic E-state index is 4.16. The Kier molecular flexibility index (Phi) is 4.49. The van der Waals surface area contributed by atoms with Gasteiger partial charge in [0.1, 0.15) is 0 Å². The van der Waals surface area contributed by atoms with Crippen molar-refractivity contribution < 1.29 is 0 Å². The van der Waals surface area contributed by atoms with Crippen LogP contribution in [0.4, 0.5) is 0 Å². The van der Waals surface area contributed by atoms with Crippen LogP contribution in [0.1, 0.15) is 41.8 Å². The molecule has 2 heterocycles. The standard InChI is InChI=1S/C13H20N4S/c1-4-8-17-11(9-15-16-17)13(14-3)12-7-6-10(5-2)18-12/h6-7,9,13-14H,4-5,8H2,1-3H3. The minimum Gasteiger partial charge on any atom is -0.307 e. The summed E-state index contributed by atoms with van der Waals surface area (Å²) in [7, 11) is 1.99. The number of rotatable bonds is 6. The molecule has 0 spiro atoms. The summed E-state index contributed by atoms with van der Waals surface area (Å²) in [5.41, 5.74) is 1.14. The van der Waals surface area contributed by atoms with Crippen molar-refractivity contribution in [3.63, 3.8) is 0 Å². The van der Waals surface area contributed by atoms with Gasteiger partial charge >= 0.3 is 0 Å². The van der Waals surface area contributed by atoms with E-state index in [9.17, 15) is 0 Å². The third kappa shape index (κ3) is 2.62. The van der Waals surface area contributed by atoms with Crippen LogP contribution in [0.2, 0.25) is 0 Å². The fourth-order valence-corrected chi connectivity index (χ4v) is 3.13. The molecule has 1 atom stereocenters. The Balaban J connectivity index is 2.29. The average Bonchev–Trinajstić information content (AvgIpc) is 3.01. The molecule has 5 heteroatoms. The predicted molar refractivity (Wildman–Crippen MR) is 74.9 cm³/mol. The van der Waals surface area contributed by atoms with Crippen LogP contribution < -0.4 is 5.32 Å².